The first-order valence-corrected chi connectivity index (χ1v) is 7.55. The summed E-state index contributed by atoms with van der Waals surface area (Å²) in [5.74, 6) is -0.443. The summed E-state index contributed by atoms with van der Waals surface area (Å²) in [4.78, 5) is 30.7. The molecular formula is C14H23N4O3+. The van der Waals surface area contributed by atoms with E-state index in [-0.39, 0.29) is 5.56 Å². The van der Waals surface area contributed by atoms with Crippen LogP contribution in [0.25, 0.3) is 0 Å². The van der Waals surface area contributed by atoms with E-state index in [1.165, 1.54) is 38.3 Å². The second-order valence-corrected chi connectivity index (χ2v) is 5.48. The monoisotopic (exact) mass is 295 g/mol. The Labute approximate surface area is 122 Å². The van der Waals surface area contributed by atoms with Crippen LogP contribution < -0.4 is 16.6 Å². The highest BCUT2D eigenvalue weighted by Crippen LogP contribution is 2.14. The van der Waals surface area contributed by atoms with Gasteiger partial charge in [0.05, 0.1) is 12.6 Å². The summed E-state index contributed by atoms with van der Waals surface area (Å²) in [5, 5.41) is 11.9. The average molecular weight is 295 g/mol. The highest BCUT2D eigenvalue weighted by molar-refractivity contribution is 5.81. The summed E-state index contributed by atoms with van der Waals surface area (Å²) in [6, 6.07) is 0.758. The minimum atomic E-state index is -0.725. The van der Waals surface area contributed by atoms with E-state index in [0.29, 0.717) is 6.54 Å². The van der Waals surface area contributed by atoms with Gasteiger partial charge in [-0.2, -0.15) is 0 Å². The summed E-state index contributed by atoms with van der Waals surface area (Å²) in [6.07, 6.45) is 8.90. The first kappa shape index (κ1) is 15.5. The van der Waals surface area contributed by atoms with E-state index >= 15 is 0 Å². The van der Waals surface area contributed by atoms with Gasteiger partial charge in [0.2, 0.25) is 5.88 Å². The number of aromatic hydroxyl groups is 1. The molecule has 0 bridgehead atoms. The minimum absolute atomic E-state index is 0.00846. The van der Waals surface area contributed by atoms with E-state index in [4.69, 9.17) is 0 Å². The molecule has 1 saturated carbocycles. The number of nitrogens with one attached hydrogen (secondary N) is 2. The van der Waals surface area contributed by atoms with Crippen molar-refractivity contribution < 1.29 is 10.4 Å². The topological polar surface area (TPSA) is 115 Å². The fourth-order valence-corrected chi connectivity index (χ4v) is 2.67. The van der Waals surface area contributed by atoms with Crippen molar-refractivity contribution in [3.8, 4) is 5.88 Å². The third kappa shape index (κ3) is 4.86. The molecule has 0 unspecified atom stereocenters. The van der Waals surface area contributed by atoms with E-state index < -0.39 is 17.1 Å². The van der Waals surface area contributed by atoms with Gasteiger partial charge in [0.25, 0.3) is 5.56 Å². The van der Waals surface area contributed by atoms with E-state index in [9.17, 15) is 14.7 Å². The third-order valence-corrected chi connectivity index (χ3v) is 3.82. The van der Waals surface area contributed by atoms with E-state index in [1.54, 1.807) is 0 Å². The minimum Gasteiger partial charge on any atom is -0.494 e. The Bertz CT molecular complexity index is 585. The molecule has 0 aromatic carbocycles. The fourth-order valence-electron chi connectivity index (χ4n) is 2.67. The predicted octanol–water partition coefficient (Wildman–Crippen LogP) is -0.526. The molecule has 0 radical (unpaired) electrons. The molecule has 5 N–H and O–H groups in total. The number of rotatable bonds is 6. The molecular weight excluding hydrogens is 272 g/mol. The maximum absolute atomic E-state index is 11.5. The second-order valence-electron chi connectivity index (χ2n) is 5.48. The largest absolute Gasteiger partial charge is 0.494 e. The Morgan fingerprint density at radius 2 is 2.00 bits per heavy atom. The van der Waals surface area contributed by atoms with Crippen molar-refractivity contribution in [2.45, 2.75) is 44.6 Å². The highest BCUT2D eigenvalue weighted by Gasteiger charge is 2.14. The zero-order valence-corrected chi connectivity index (χ0v) is 12.1. The Morgan fingerprint density at radius 3 is 2.71 bits per heavy atom. The molecule has 1 aliphatic rings. The van der Waals surface area contributed by atoms with Crippen LogP contribution >= 0.6 is 0 Å². The summed E-state index contributed by atoms with van der Waals surface area (Å²) < 4.78 is 0. The molecule has 0 amide bonds. The number of nitrogens with two attached hydrogens (primary N) is 1. The summed E-state index contributed by atoms with van der Waals surface area (Å²) in [7, 11) is 0. The highest BCUT2D eigenvalue weighted by atomic mass is 16.3. The van der Waals surface area contributed by atoms with E-state index in [2.05, 4.69) is 20.3 Å². The molecule has 21 heavy (non-hydrogen) atoms. The number of hydrogen-bond donors (Lipinski definition) is 4. The Kier molecular flexibility index (Phi) is 5.74. The summed E-state index contributed by atoms with van der Waals surface area (Å²) in [5.41, 5.74) is -1.36. The van der Waals surface area contributed by atoms with Crippen LogP contribution in [-0.2, 0) is 0 Å². The second kappa shape index (κ2) is 7.78. The van der Waals surface area contributed by atoms with Gasteiger partial charge in [0, 0.05) is 19.2 Å². The van der Waals surface area contributed by atoms with Gasteiger partial charge in [-0.1, -0.05) is 6.42 Å². The quantitative estimate of drug-likeness (QED) is 0.418. The van der Waals surface area contributed by atoms with Crippen LogP contribution in [0.2, 0.25) is 0 Å². The standard InChI is InChI=1S/C14H22N4O3/c19-12-11(13(20)18-14(21)17-12)9-15-7-4-8-16-10-5-2-1-3-6-10/h9-10,16H,1-8H2,(H3,17,18,19,20,21)/p+1. The van der Waals surface area contributed by atoms with Gasteiger partial charge < -0.3 is 10.4 Å². The number of aromatic nitrogens is 2. The molecule has 1 aromatic rings. The van der Waals surface area contributed by atoms with Gasteiger partial charge in [-0.15, -0.1) is 0 Å². The molecule has 1 heterocycles. The first-order chi connectivity index (χ1) is 10.2. The van der Waals surface area contributed by atoms with Crippen molar-refractivity contribution in [1.29, 1.82) is 0 Å². The number of aliphatic imine (C=N–C) groups is 1. The number of hydrogen-bond acceptors (Lipinski definition) is 4. The lowest BCUT2D eigenvalue weighted by molar-refractivity contribution is -0.691. The molecule has 1 fully saturated rings. The van der Waals surface area contributed by atoms with E-state index in [1.807, 2.05) is 0 Å². The molecule has 0 saturated heterocycles. The van der Waals surface area contributed by atoms with Gasteiger partial charge in [-0.25, -0.2) is 4.79 Å². The number of H-pyrrole nitrogens is 2. The lowest BCUT2D eigenvalue weighted by Crippen LogP contribution is -2.90. The van der Waals surface area contributed by atoms with Crippen LogP contribution in [0.15, 0.2) is 14.6 Å². The van der Waals surface area contributed by atoms with Crippen molar-refractivity contribution in [2.24, 2.45) is 4.99 Å². The maximum atomic E-state index is 11.5. The first-order valence-electron chi connectivity index (χ1n) is 7.55. The van der Waals surface area contributed by atoms with Gasteiger partial charge in [0.1, 0.15) is 5.56 Å². The van der Waals surface area contributed by atoms with Crippen LogP contribution in [0.1, 0.15) is 44.1 Å². The molecule has 1 aromatic heterocycles. The zero-order valence-electron chi connectivity index (χ0n) is 12.1. The van der Waals surface area contributed by atoms with Crippen LogP contribution in [0.3, 0.4) is 0 Å². The van der Waals surface area contributed by atoms with Crippen LogP contribution in [-0.4, -0.2) is 40.4 Å². The Balaban J connectivity index is 1.73. The van der Waals surface area contributed by atoms with E-state index in [0.717, 1.165) is 19.0 Å². The number of quaternary nitrogens is 1. The SMILES string of the molecule is O=c1[nH]c(O)c(C=NCCC[NH2+]C2CCCCC2)c(=O)[nH]1. The van der Waals surface area contributed by atoms with Crippen LogP contribution in [0.5, 0.6) is 5.88 Å². The van der Waals surface area contributed by atoms with Gasteiger partial charge >= 0.3 is 5.69 Å². The average Bonchev–Trinajstić information content (AvgIpc) is 2.45. The molecule has 0 aliphatic heterocycles. The van der Waals surface area contributed by atoms with Crippen LogP contribution in [0, 0.1) is 0 Å². The lowest BCUT2D eigenvalue weighted by atomic mass is 9.95. The lowest BCUT2D eigenvalue weighted by Gasteiger charge is -2.19. The molecule has 7 heteroatoms. The smallest absolute Gasteiger partial charge is 0.328 e. The third-order valence-electron chi connectivity index (χ3n) is 3.82. The van der Waals surface area contributed by atoms with Crippen molar-refractivity contribution in [2.75, 3.05) is 13.1 Å². The fraction of sp³-hybridized carbons (Fsp3) is 0.643. The Morgan fingerprint density at radius 1 is 1.24 bits per heavy atom. The maximum Gasteiger partial charge on any atom is 0.328 e. The molecule has 0 atom stereocenters. The van der Waals surface area contributed by atoms with Crippen molar-refractivity contribution in [1.82, 2.24) is 9.97 Å². The number of nitrogens with zero attached hydrogens (tertiary/aromatic N) is 1. The van der Waals surface area contributed by atoms with Crippen molar-refractivity contribution in [3.05, 3.63) is 26.4 Å². The predicted molar refractivity (Wildman–Crippen MR) is 80.1 cm³/mol. The molecule has 1 aliphatic carbocycles. The molecule has 2 rings (SSSR count). The van der Waals surface area contributed by atoms with Gasteiger partial charge in [-0.3, -0.25) is 19.8 Å². The Hall–Kier alpha value is -1.89. The van der Waals surface area contributed by atoms with Crippen molar-refractivity contribution in [3.63, 3.8) is 0 Å². The van der Waals surface area contributed by atoms with Crippen LogP contribution in [0.4, 0.5) is 0 Å². The van der Waals surface area contributed by atoms with Gasteiger partial charge in [0.15, 0.2) is 0 Å². The molecule has 0 spiro atoms. The summed E-state index contributed by atoms with van der Waals surface area (Å²) >= 11 is 0. The van der Waals surface area contributed by atoms with Crippen molar-refractivity contribution >= 4 is 6.21 Å². The molecule has 7 nitrogen and oxygen atoms in total. The van der Waals surface area contributed by atoms with Gasteiger partial charge in [-0.05, 0) is 25.7 Å². The summed E-state index contributed by atoms with van der Waals surface area (Å²) in [6.45, 7) is 1.62. The normalized spacial score (nSPS) is 16.6. The molecule has 116 valence electrons. The zero-order chi connectivity index (χ0) is 15.1. The number of aromatic amines is 2.